The van der Waals surface area contributed by atoms with Crippen LogP contribution in [-0.4, -0.2) is 28.8 Å². The van der Waals surface area contributed by atoms with Crippen molar-refractivity contribution in [3.63, 3.8) is 0 Å². The number of amides is 1. The molecule has 1 aliphatic rings. The van der Waals surface area contributed by atoms with Gasteiger partial charge in [0.15, 0.2) is 0 Å². The lowest BCUT2D eigenvalue weighted by Crippen LogP contribution is -2.42. The van der Waals surface area contributed by atoms with E-state index in [0.717, 1.165) is 24.1 Å². The van der Waals surface area contributed by atoms with E-state index in [1.807, 2.05) is 42.2 Å². The van der Waals surface area contributed by atoms with Crippen LogP contribution in [0.25, 0.3) is 0 Å². The highest BCUT2D eigenvalue weighted by Gasteiger charge is 2.25. The molecule has 1 aromatic carbocycles. The van der Waals surface area contributed by atoms with Crippen molar-refractivity contribution in [2.75, 3.05) is 13.1 Å². The minimum absolute atomic E-state index is 0.0334. The molecule has 0 fully saturated rings. The zero-order valence-electron chi connectivity index (χ0n) is 12.2. The summed E-state index contributed by atoms with van der Waals surface area (Å²) in [6.45, 7) is 4.12. The molecule has 21 heavy (non-hydrogen) atoms. The molecule has 1 aliphatic heterocycles. The van der Waals surface area contributed by atoms with Gasteiger partial charge in [0.2, 0.25) is 5.91 Å². The molecule has 110 valence electrons. The van der Waals surface area contributed by atoms with E-state index in [1.54, 1.807) is 0 Å². The molecule has 0 bridgehead atoms. The van der Waals surface area contributed by atoms with Gasteiger partial charge in [0.1, 0.15) is 6.04 Å². The quantitative estimate of drug-likeness (QED) is 0.887. The van der Waals surface area contributed by atoms with E-state index in [4.69, 9.17) is 0 Å². The van der Waals surface area contributed by atoms with Crippen molar-refractivity contribution in [2.24, 2.45) is 0 Å². The number of fused-ring (bicyclic) bond motifs is 1. The summed E-state index contributed by atoms with van der Waals surface area (Å²) in [4.78, 5) is 12.4. The van der Waals surface area contributed by atoms with Crippen molar-refractivity contribution in [1.29, 1.82) is 0 Å². The van der Waals surface area contributed by atoms with Gasteiger partial charge in [-0.3, -0.25) is 9.48 Å². The van der Waals surface area contributed by atoms with E-state index >= 15 is 0 Å². The fraction of sp³-hybridized carbons (Fsp3) is 0.375. The molecule has 0 saturated heterocycles. The second-order valence-electron chi connectivity index (χ2n) is 5.41. The maximum absolute atomic E-state index is 12.4. The molecule has 2 N–H and O–H groups in total. The van der Waals surface area contributed by atoms with Crippen molar-refractivity contribution in [3.8, 4) is 0 Å². The number of hydrogen-bond acceptors (Lipinski definition) is 3. The van der Waals surface area contributed by atoms with E-state index in [-0.39, 0.29) is 11.9 Å². The third-order valence-corrected chi connectivity index (χ3v) is 3.77. The Bertz CT molecular complexity index is 635. The average molecular weight is 284 g/mol. The third-order valence-electron chi connectivity index (χ3n) is 3.77. The maximum atomic E-state index is 12.4. The van der Waals surface area contributed by atoms with Crippen LogP contribution in [0.1, 0.15) is 22.7 Å². The maximum Gasteiger partial charge on any atom is 0.241 e. The van der Waals surface area contributed by atoms with Gasteiger partial charge in [-0.25, -0.2) is 0 Å². The Morgan fingerprint density at radius 1 is 1.48 bits per heavy atom. The zero-order chi connectivity index (χ0) is 14.7. The van der Waals surface area contributed by atoms with Gasteiger partial charge in [-0.2, -0.15) is 5.10 Å². The van der Waals surface area contributed by atoms with E-state index < -0.39 is 0 Å². The molecule has 0 radical (unpaired) electrons. The summed E-state index contributed by atoms with van der Waals surface area (Å²) < 4.78 is 1.85. The first kappa shape index (κ1) is 13.8. The number of hydrogen-bond donors (Lipinski definition) is 2. The molecule has 1 atom stereocenters. The highest BCUT2D eigenvalue weighted by Crippen LogP contribution is 2.22. The van der Waals surface area contributed by atoms with Crippen LogP contribution >= 0.6 is 0 Å². The Hall–Kier alpha value is -2.14. The Morgan fingerprint density at radius 2 is 2.33 bits per heavy atom. The van der Waals surface area contributed by atoms with Crippen molar-refractivity contribution in [1.82, 2.24) is 20.4 Å². The summed E-state index contributed by atoms with van der Waals surface area (Å²) in [5.74, 6) is 0.0334. The van der Waals surface area contributed by atoms with Gasteiger partial charge in [-0.1, -0.05) is 24.3 Å². The monoisotopic (exact) mass is 284 g/mol. The fourth-order valence-electron chi connectivity index (χ4n) is 2.72. The summed E-state index contributed by atoms with van der Waals surface area (Å²) in [7, 11) is 0. The lowest BCUT2D eigenvalue weighted by molar-refractivity contribution is -0.123. The second kappa shape index (κ2) is 6.10. The Kier molecular flexibility index (Phi) is 4.01. The van der Waals surface area contributed by atoms with Crippen molar-refractivity contribution in [3.05, 3.63) is 53.3 Å². The standard InChI is InChI=1S/C16H20N4O/c1-12-10-19-20(11-12)9-8-18-16(21)15-14-5-3-2-4-13(14)6-7-17-15/h2-5,10-11,15,17H,6-9H2,1H3,(H,18,21). The van der Waals surface area contributed by atoms with E-state index in [2.05, 4.69) is 21.8 Å². The number of nitrogens with one attached hydrogen (secondary N) is 2. The zero-order valence-corrected chi connectivity index (χ0v) is 12.2. The largest absolute Gasteiger partial charge is 0.353 e. The van der Waals surface area contributed by atoms with E-state index in [0.29, 0.717) is 13.1 Å². The molecule has 1 amide bonds. The summed E-state index contributed by atoms with van der Waals surface area (Å²) in [5, 5.41) is 10.5. The number of aryl methyl sites for hydroxylation is 1. The van der Waals surface area contributed by atoms with Crippen LogP contribution < -0.4 is 10.6 Å². The third kappa shape index (κ3) is 3.13. The SMILES string of the molecule is Cc1cnn(CCNC(=O)C2NCCc3ccccc32)c1. The van der Waals surface area contributed by atoms with E-state index in [9.17, 15) is 4.79 Å². The molecular formula is C16H20N4O. The van der Waals surface area contributed by atoms with Crippen LogP contribution in [0.4, 0.5) is 0 Å². The summed E-state index contributed by atoms with van der Waals surface area (Å²) in [6.07, 6.45) is 4.77. The second-order valence-corrected chi connectivity index (χ2v) is 5.41. The molecule has 0 saturated carbocycles. The molecule has 5 nitrogen and oxygen atoms in total. The van der Waals surface area contributed by atoms with Gasteiger partial charge in [-0.15, -0.1) is 0 Å². The number of carbonyl (C=O) groups is 1. The van der Waals surface area contributed by atoms with Gasteiger partial charge < -0.3 is 10.6 Å². The lowest BCUT2D eigenvalue weighted by Gasteiger charge is -2.26. The Morgan fingerprint density at radius 3 is 3.14 bits per heavy atom. The van der Waals surface area contributed by atoms with Crippen LogP contribution in [0.5, 0.6) is 0 Å². The van der Waals surface area contributed by atoms with Gasteiger partial charge in [0, 0.05) is 19.3 Å². The average Bonchev–Trinajstić information content (AvgIpc) is 2.92. The molecule has 2 aromatic rings. The fourth-order valence-corrected chi connectivity index (χ4v) is 2.72. The number of carbonyl (C=O) groups excluding carboxylic acids is 1. The minimum atomic E-state index is -0.241. The lowest BCUT2D eigenvalue weighted by atomic mass is 9.94. The number of nitrogens with zero attached hydrogens (tertiary/aromatic N) is 2. The molecule has 0 aliphatic carbocycles. The van der Waals surface area contributed by atoms with Crippen LogP contribution in [0.15, 0.2) is 36.7 Å². The first-order valence-electron chi connectivity index (χ1n) is 7.32. The highest BCUT2D eigenvalue weighted by molar-refractivity contribution is 5.83. The van der Waals surface area contributed by atoms with Gasteiger partial charge in [0.25, 0.3) is 0 Å². The van der Waals surface area contributed by atoms with Gasteiger partial charge in [0.05, 0.1) is 12.7 Å². The number of benzene rings is 1. The molecule has 0 spiro atoms. The molecule has 2 heterocycles. The Labute approximate surface area is 124 Å². The first-order chi connectivity index (χ1) is 10.2. The highest BCUT2D eigenvalue weighted by atomic mass is 16.2. The van der Waals surface area contributed by atoms with Crippen LogP contribution in [0, 0.1) is 6.92 Å². The number of aromatic nitrogens is 2. The molecule has 3 rings (SSSR count). The predicted octanol–water partition coefficient (Wildman–Crippen LogP) is 1.19. The molecular weight excluding hydrogens is 264 g/mol. The molecule has 1 unspecified atom stereocenters. The van der Waals surface area contributed by atoms with Crippen molar-refractivity contribution in [2.45, 2.75) is 25.9 Å². The van der Waals surface area contributed by atoms with Crippen molar-refractivity contribution >= 4 is 5.91 Å². The van der Waals surface area contributed by atoms with Crippen LogP contribution in [0.3, 0.4) is 0 Å². The topological polar surface area (TPSA) is 59.0 Å². The predicted molar refractivity (Wildman–Crippen MR) is 80.9 cm³/mol. The minimum Gasteiger partial charge on any atom is -0.353 e. The Balaban J connectivity index is 1.59. The molecule has 5 heteroatoms. The van der Waals surface area contributed by atoms with Crippen LogP contribution in [-0.2, 0) is 17.8 Å². The van der Waals surface area contributed by atoms with Crippen LogP contribution in [0.2, 0.25) is 0 Å². The smallest absolute Gasteiger partial charge is 0.241 e. The van der Waals surface area contributed by atoms with Gasteiger partial charge >= 0.3 is 0 Å². The molecule has 1 aromatic heterocycles. The van der Waals surface area contributed by atoms with Crippen molar-refractivity contribution < 1.29 is 4.79 Å². The number of rotatable bonds is 4. The van der Waals surface area contributed by atoms with E-state index in [1.165, 1.54) is 5.56 Å². The first-order valence-corrected chi connectivity index (χ1v) is 7.32. The summed E-state index contributed by atoms with van der Waals surface area (Å²) in [6, 6.07) is 7.90. The summed E-state index contributed by atoms with van der Waals surface area (Å²) in [5.41, 5.74) is 3.49. The summed E-state index contributed by atoms with van der Waals surface area (Å²) >= 11 is 0. The normalized spacial score (nSPS) is 17.3. The van der Waals surface area contributed by atoms with Gasteiger partial charge in [-0.05, 0) is 30.0 Å².